The van der Waals surface area contributed by atoms with Gasteiger partial charge in [0.1, 0.15) is 5.67 Å². The van der Waals surface area contributed by atoms with Gasteiger partial charge in [-0.15, -0.1) is 0 Å². The Bertz CT molecular complexity index is 666. The van der Waals surface area contributed by atoms with Gasteiger partial charge < -0.3 is 5.32 Å². The maximum absolute atomic E-state index is 14.3. The Morgan fingerprint density at radius 1 is 0.957 bits per heavy atom. The van der Waals surface area contributed by atoms with Crippen LogP contribution in [0.1, 0.15) is 36.0 Å². The van der Waals surface area contributed by atoms with Gasteiger partial charge in [0.05, 0.1) is 10.0 Å². The molecule has 0 bridgehead atoms. The minimum absolute atomic E-state index is 0.584. The zero-order valence-electron chi connectivity index (χ0n) is 12.9. The molecule has 0 heterocycles. The summed E-state index contributed by atoms with van der Waals surface area (Å²) in [7, 11) is 0. The third-order valence-corrected chi connectivity index (χ3v) is 5.26. The lowest BCUT2D eigenvalue weighted by Gasteiger charge is -2.34. The molecule has 0 aromatic heterocycles. The van der Waals surface area contributed by atoms with Gasteiger partial charge in [0.15, 0.2) is 0 Å². The first kappa shape index (κ1) is 16.8. The molecule has 0 unspecified atom stereocenters. The van der Waals surface area contributed by atoms with Crippen LogP contribution >= 0.6 is 23.2 Å². The van der Waals surface area contributed by atoms with Crippen molar-refractivity contribution in [3.05, 3.63) is 69.2 Å². The Hall–Kier alpha value is -1.09. The third-order valence-electron chi connectivity index (χ3n) is 4.52. The highest BCUT2D eigenvalue weighted by molar-refractivity contribution is 6.42. The van der Waals surface area contributed by atoms with Crippen molar-refractivity contribution in [3.63, 3.8) is 0 Å². The van der Waals surface area contributed by atoms with Crippen molar-refractivity contribution in [2.75, 3.05) is 6.54 Å². The van der Waals surface area contributed by atoms with Crippen molar-refractivity contribution in [2.45, 2.75) is 37.9 Å². The maximum atomic E-state index is 14.3. The predicted octanol–water partition coefficient (Wildman–Crippen LogP) is 5.67. The summed E-state index contributed by atoms with van der Waals surface area (Å²) in [6, 6.07) is 13.6. The van der Waals surface area contributed by atoms with E-state index >= 15 is 0 Å². The average molecular weight is 352 g/mol. The molecule has 3 rings (SSSR count). The smallest absolute Gasteiger partial charge is 0.136 e. The third kappa shape index (κ3) is 4.06. The highest BCUT2D eigenvalue weighted by atomic mass is 35.5. The first-order chi connectivity index (χ1) is 11.1. The fourth-order valence-electron chi connectivity index (χ4n) is 2.86. The van der Waals surface area contributed by atoms with Crippen LogP contribution in [0.3, 0.4) is 0 Å². The lowest BCUT2D eigenvalue weighted by atomic mass is 9.77. The van der Waals surface area contributed by atoms with Crippen LogP contribution in [0.25, 0.3) is 0 Å². The monoisotopic (exact) mass is 351 g/mol. The Kier molecular flexibility index (Phi) is 5.25. The molecule has 0 spiro atoms. The molecule has 0 amide bonds. The second kappa shape index (κ2) is 7.21. The molecule has 1 fully saturated rings. The number of rotatable bonds is 6. The lowest BCUT2D eigenvalue weighted by Crippen LogP contribution is -2.28. The molecule has 2 aromatic rings. The molecule has 0 saturated heterocycles. The Labute approximate surface area is 146 Å². The largest absolute Gasteiger partial charge is 0.312 e. The van der Waals surface area contributed by atoms with Crippen LogP contribution in [0, 0.1) is 0 Å². The standard InChI is InChI=1S/C19H20Cl2FN/c20-17-7-4-14(12-18(17)21)8-11-23-13-15-2-5-16(6-3-15)19(22)9-1-10-19/h2-7,12,23H,1,8-11,13H2. The van der Waals surface area contributed by atoms with Crippen LogP contribution in [0.15, 0.2) is 42.5 Å². The number of nitrogens with one attached hydrogen (secondary N) is 1. The van der Waals surface area contributed by atoms with Gasteiger partial charge >= 0.3 is 0 Å². The van der Waals surface area contributed by atoms with Gasteiger partial charge in [0, 0.05) is 6.54 Å². The molecule has 1 nitrogen and oxygen atoms in total. The number of benzene rings is 2. The summed E-state index contributed by atoms with van der Waals surface area (Å²) in [6.07, 6.45) is 3.21. The molecular weight excluding hydrogens is 332 g/mol. The number of hydrogen-bond donors (Lipinski definition) is 1. The average Bonchev–Trinajstić information content (AvgIpc) is 2.53. The van der Waals surface area contributed by atoms with Gasteiger partial charge in [-0.05, 0) is 61.1 Å². The van der Waals surface area contributed by atoms with E-state index in [4.69, 9.17) is 23.2 Å². The van der Waals surface area contributed by atoms with Crippen LogP contribution < -0.4 is 5.32 Å². The van der Waals surface area contributed by atoms with Gasteiger partial charge in [-0.2, -0.15) is 0 Å². The SMILES string of the molecule is FC1(c2ccc(CNCCc3ccc(Cl)c(Cl)c3)cc2)CCC1. The number of hydrogen-bond acceptors (Lipinski definition) is 1. The van der Waals surface area contributed by atoms with Crippen LogP contribution in [0.5, 0.6) is 0 Å². The van der Waals surface area contributed by atoms with Crippen molar-refractivity contribution >= 4 is 23.2 Å². The molecule has 0 aliphatic heterocycles. The van der Waals surface area contributed by atoms with Crippen LogP contribution in [0.4, 0.5) is 4.39 Å². The summed E-state index contributed by atoms with van der Waals surface area (Å²) in [5.41, 5.74) is 2.08. The second-order valence-electron chi connectivity index (χ2n) is 6.19. The van der Waals surface area contributed by atoms with Crippen molar-refractivity contribution < 1.29 is 4.39 Å². The molecule has 1 N–H and O–H groups in total. The number of alkyl halides is 1. The molecule has 1 saturated carbocycles. The zero-order chi connectivity index (χ0) is 16.3. The van der Waals surface area contributed by atoms with Crippen LogP contribution in [0.2, 0.25) is 10.0 Å². The van der Waals surface area contributed by atoms with Crippen LogP contribution in [-0.4, -0.2) is 6.54 Å². The molecule has 0 atom stereocenters. The fraction of sp³-hybridized carbons (Fsp3) is 0.368. The van der Waals surface area contributed by atoms with E-state index in [1.807, 2.05) is 42.5 Å². The van der Waals surface area contributed by atoms with Crippen LogP contribution in [-0.2, 0) is 18.6 Å². The summed E-state index contributed by atoms with van der Waals surface area (Å²) in [5, 5.41) is 4.58. The second-order valence-corrected chi connectivity index (χ2v) is 7.01. The van der Waals surface area contributed by atoms with E-state index in [2.05, 4.69) is 5.32 Å². The van der Waals surface area contributed by atoms with Gasteiger partial charge in [-0.3, -0.25) is 0 Å². The molecular formula is C19H20Cl2FN. The summed E-state index contributed by atoms with van der Waals surface area (Å²) in [6.45, 7) is 1.63. The van der Waals surface area contributed by atoms with Gasteiger partial charge in [-0.25, -0.2) is 4.39 Å². The lowest BCUT2D eigenvalue weighted by molar-refractivity contribution is 0.0609. The van der Waals surface area contributed by atoms with E-state index in [0.29, 0.717) is 22.9 Å². The fourth-order valence-corrected chi connectivity index (χ4v) is 3.18. The number of halogens is 3. The molecule has 1 aliphatic rings. The first-order valence-electron chi connectivity index (χ1n) is 8.00. The van der Waals surface area contributed by atoms with E-state index in [9.17, 15) is 4.39 Å². The van der Waals surface area contributed by atoms with Crippen molar-refractivity contribution in [3.8, 4) is 0 Å². The molecule has 0 radical (unpaired) electrons. The minimum atomic E-state index is -1.07. The summed E-state index contributed by atoms with van der Waals surface area (Å²) >= 11 is 11.9. The highest BCUT2D eigenvalue weighted by Gasteiger charge is 2.38. The van der Waals surface area contributed by atoms with Crippen molar-refractivity contribution in [1.82, 2.24) is 5.32 Å². The molecule has 1 aliphatic carbocycles. The molecule has 2 aromatic carbocycles. The summed E-state index contributed by atoms with van der Waals surface area (Å²) in [4.78, 5) is 0. The first-order valence-corrected chi connectivity index (χ1v) is 8.75. The molecule has 122 valence electrons. The Morgan fingerprint density at radius 3 is 2.26 bits per heavy atom. The van der Waals surface area contributed by atoms with E-state index < -0.39 is 5.67 Å². The Morgan fingerprint density at radius 2 is 1.65 bits per heavy atom. The normalized spacial score (nSPS) is 16.1. The van der Waals surface area contributed by atoms with E-state index in [1.54, 1.807) is 0 Å². The summed E-state index contributed by atoms with van der Waals surface area (Å²) < 4.78 is 14.3. The van der Waals surface area contributed by atoms with Crippen molar-refractivity contribution in [1.29, 1.82) is 0 Å². The van der Waals surface area contributed by atoms with Crippen molar-refractivity contribution in [2.24, 2.45) is 0 Å². The Balaban J connectivity index is 1.46. The van der Waals surface area contributed by atoms with Gasteiger partial charge in [0.2, 0.25) is 0 Å². The quantitative estimate of drug-likeness (QED) is 0.660. The highest BCUT2D eigenvalue weighted by Crippen LogP contribution is 2.44. The predicted molar refractivity (Wildman–Crippen MR) is 95.0 cm³/mol. The van der Waals surface area contributed by atoms with E-state index in [1.165, 1.54) is 5.56 Å². The molecule has 23 heavy (non-hydrogen) atoms. The topological polar surface area (TPSA) is 12.0 Å². The summed E-state index contributed by atoms with van der Waals surface area (Å²) in [5.74, 6) is 0. The minimum Gasteiger partial charge on any atom is -0.312 e. The zero-order valence-corrected chi connectivity index (χ0v) is 14.4. The van der Waals surface area contributed by atoms with Gasteiger partial charge in [0.25, 0.3) is 0 Å². The van der Waals surface area contributed by atoms with Gasteiger partial charge in [-0.1, -0.05) is 53.5 Å². The van der Waals surface area contributed by atoms with E-state index in [0.717, 1.165) is 37.1 Å². The van der Waals surface area contributed by atoms with E-state index in [-0.39, 0.29) is 0 Å². The molecule has 4 heteroatoms. The maximum Gasteiger partial charge on any atom is 0.136 e.